The van der Waals surface area contributed by atoms with Crippen molar-refractivity contribution >= 4 is 23.5 Å². The first kappa shape index (κ1) is 19.0. The number of amides is 3. The van der Waals surface area contributed by atoms with Gasteiger partial charge in [-0.3, -0.25) is 4.79 Å². The molecule has 7 heteroatoms. The number of hydrogen-bond donors (Lipinski definition) is 2. The van der Waals surface area contributed by atoms with E-state index >= 15 is 0 Å². The molecule has 1 aromatic rings. The summed E-state index contributed by atoms with van der Waals surface area (Å²) in [5.74, 6) is -0.389. The lowest BCUT2D eigenvalue weighted by molar-refractivity contribution is -0.123. The van der Waals surface area contributed by atoms with Crippen LogP contribution in [0.4, 0.5) is 4.79 Å². The van der Waals surface area contributed by atoms with Gasteiger partial charge < -0.3 is 20.7 Å². The molecular weight excluding hydrogens is 354 g/mol. The first-order valence-corrected chi connectivity index (χ1v) is 9.54. The SMILES string of the molecule is NC(=O)C1CCN(C(=O)NCC2(c3cccc(Cl)c3)CCOCC2)CC1. The second-order valence-electron chi connectivity index (χ2n) is 7.23. The van der Waals surface area contributed by atoms with Crippen molar-refractivity contribution in [2.45, 2.75) is 31.1 Å². The van der Waals surface area contributed by atoms with Crippen molar-refractivity contribution in [2.24, 2.45) is 11.7 Å². The van der Waals surface area contributed by atoms with Crippen LogP contribution in [-0.2, 0) is 14.9 Å². The standard InChI is InChI=1S/C19H26ClN3O3/c20-16-3-1-2-15(12-16)19(6-10-26-11-7-19)13-22-18(25)23-8-4-14(5-9-23)17(21)24/h1-3,12,14H,4-11,13H2,(H2,21,24)(H,22,25). The molecule has 2 aliphatic heterocycles. The van der Waals surface area contributed by atoms with Gasteiger partial charge in [0.05, 0.1) is 0 Å². The van der Waals surface area contributed by atoms with Crippen LogP contribution in [0.25, 0.3) is 0 Å². The highest BCUT2D eigenvalue weighted by atomic mass is 35.5. The Morgan fingerprint density at radius 1 is 1.27 bits per heavy atom. The van der Waals surface area contributed by atoms with Gasteiger partial charge in [0, 0.05) is 49.2 Å². The molecule has 0 unspecified atom stereocenters. The topological polar surface area (TPSA) is 84.7 Å². The number of nitrogens with zero attached hydrogens (tertiary/aromatic N) is 1. The zero-order chi connectivity index (χ0) is 18.6. The molecule has 0 atom stereocenters. The quantitative estimate of drug-likeness (QED) is 0.841. The molecule has 0 aliphatic carbocycles. The number of primary amides is 1. The highest BCUT2D eigenvalue weighted by Crippen LogP contribution is 2.35. The van der Waals surface area contributed by atoms with Crippen molar-refractivity contribution in [3.05, 3.63) is 34.9 Å². The minimum Gasteiger partial charge on any atom is -0.381 e. The number of rotatable bonds is 4. The predicted octanol–water partition coefficient (Wildman–Crippen LogP) is 2.30. The van der Waals surface area contributed by atoms with Gasteiger partial charge in [0.25, 0.3) is 0 Å². The van der Waals surface area contributed by atoms with Crippen LogP contribution in [-0.4, -0.2) is 49.7 Å². The van der Waals surface area contributed by atoms with Gasteiger partial charge in [-0.15, -0.1) is 0 Å². The molecule has 142 valence electrons. The lowest BCUT2D eigenvalue weighted by Gasteiger charge is -2.39. The summed E-state index contributed by atoms with van der Waals surface area (Å²) in [6, 6.07) is 7.78. The smallest absolute Gasteiger partial charge is 0.317 e. The van der Waals surface area contributed by atoms with Crippen LogP contribution in [0, 0.1) is 5.92 Å². The molecule has 26 heavy (non-hydrogen) atoms. The number of hydrogen-bond acceptors (Lipinski definition) is 3. The van der Waals surface area contributed by atoms with Gasteiger partial charge in [-0.05, 0) is 43.4 Å². The molecule has 6 nitrogen and oxygen atoms in total. The van der Waals surface area contributed by atoms with Crippen LogP contribution in [0.5, 0.6) is 0 Å². The van der Waals surface area contributed by atoms with E-state index < -0.39 is 0 Å². The first-order valence-electron chi connectivity index (χ1n) is 9.16. The van der Waals surface area contributed by atoms with Crippen molar-refractivity contribution in [1.82, 2.24) is 10.2 Å². The monoisotopic (exact) mass is 379 g/mol. The maximum atomic E-state index is 12.6. The summed E-state index contributed by atoms with van der Waals surface area (Å²) in [6.07, 6.45) is 2.96. The van der Waals surface area contributed by atoms with E-state index in [2.05, 4.69) is 11.4 Å². The largest absolute Gasteiger partial charge is 0.381 e. The minimum atomic E-state index is -0.271. The Balaban J connectivity index is 1.63. The van der Waals surface area contributed by atoms with Crippen LogP contribution in [0.3, 0.4) is 0 Å². The average Bonchev–Trinajstić information content (AvgIpc) is 2.67. The Kier molecular flexibility index (Phi) is 6.04. The number of benzene rings is 1. The predicted molar refractivity (Wildman–Crippen MR) is 100 cm³/mol. The van der Waals surface area contributed by atoms with E-state index in [4.69, 9.17) is 22.1 Å². The lowest BCUT2D eigenvalue weighted by Crippen LogP contribution is -2.51. The molecule has 3 rings (SSSR count). The van der Waals surface area contributed by atoms with Gasteiger partial charge in [0.2, 0.25) is 5.91 Å². The van der Waals surface area contributed by atoms with Crippen LogP contribution in [0.15, 0.2) is 24.3 Å². The van der Waals surface area contributed by atoms with Crippen molar-refractivity contribution < 1.29 is 14.3 Å². The molecule has 3 amide bonds. The third-order valence-electron chi connectivity index (χ3n) is 5.65. The molecular formula is C19H26ClN3O3. The van der Waals surface area contributed by atoms with Gasteiger partial charge in [-0.2, -0.15) is 0 Å². The molecule has 2 heterocycles. The summed E-state index contributed by atoms with van der Waals surface area (Å²) in [5, 5.41) is 3.80. The molecule has 2 saturated heterocycles. The van der Waals surface area contributed by atoms with Crippen molar-refractivity contribution in [3.8, 4) is 0 Å². The fourth-order valence-corrected chi connectivity index (χ4v) is 4.06. The van der Waals surface area contributed by atoms with E-state index in [0.29, 0.717) is 50.7 Å². The lowest BCUT2D eigenvalue weighted by atomic mass is 9.74. The zero-order valence-corrected chi connectivity index (χ0v) is 15.6. The summed E-state index contributed by atoms with van der Waals surface area (Å²) in [4.78, 5) is 25.6. The Labute approximate surface area is 159 Å². The number of halogens is 1. The summed E-state index contributed by atoms with van der Waals surface area (Å²) < 4.78 is 5.53. The Hall–Kier alpha value is -1.79. The second kappa shape index (κ2) is 8.27. The zero-order valence-electron chi connectivity index (χ0n) is 14.9. The number of carbonyl (C=O) groups excluding carboxylic acids is 2. The fraction of sp³-hybridized carbons (Fsp3) is 0.579. The summed E-state index contributed by atoms with van der Waals surface area (Å²) >= 11 is 6.19. The maximum Gasteiger partial charge on any atom is 0.317 e. The number of urea groups is 1. The number of nitrogens with one attached hydrogen (secondary N) is 1. The Morgan fingerprint density at radius 3 is 2.58 bits per heavy atom. The first-order chi connectivity index (χ1) is 12.5. The summed E-state index contributed by atoms with van der Waals surface area (Å²) in [7, 11) is 0. The molecule has 0 spiro atoms. The number of carbonyl (C=O) groups is 2. The second-order valence-corrected chi connectivity index (χ2v) is 7.66. The van der Waals surface area contributed by atoms with Gasteiger partial charge >= 0.3 is 6.03 Å². The van der Waals surface area contributed by atoms with E-state index in [1.807, 2.05) is 18.2 Å². The molecule has 1 aromatic carbocycles. The van der Waals surface area contributed by atoms with Crippen LogP contribution >= 0.6 is 11.6 Å². The highest BCUT2D eigenvalue weighted by molar-refractivity contribution is 6.30. The van der Waals surface area contributed by atoms with E-state index in [9.17, 15) is 9.59 Å². The molecule has 2 fully saturated rings. The van der Waals surface area contributed by atoms with Gasteiger partial charge in [-0.25, -0.2) is 4.79 Å². The van der Waals surface area contributed by atoms with E-state index in [-0.39, 0.29) is 23.3 Å². The highest BCUT2D eigenvalue weighted by Gasteiger charge is 2.36. The normalized spacial score (nSPS) is 20.6. The minimum absolute atomic E-state index is 0.0826. The number of nitrogens with two attached hydrogens (primary N) is 1. The van der Waals surface area contributed by atoms with E-state index in [1.54, 1.807) is 4.90 Å². The van der Waals surface area contributed by atoms with Gasteiger partial charge in [0.15, 0.2) is 0 Å². The van der Waals surface area contributed by atoms with Gasteiger partial charge in [-0.1, -0.05) is 23.7 Å². The molecule has 3 N–H and O–H groups in total. The van der Waals surface area contributed by atoms with E-state index in [0.717, 1.165) is 18.4 Å². The number of ether oxygens (including phenoxy) is 1. The number of piperidine rings is 1. The molecule has 2 aliphatic rings. The molecule has 0 aromatic heterocycles. The molecule has 0 radical (unpaired) electrons. The van der Waals surface area contributed by atoms with E-state index in [1.165, 1.54) is 0 Å². The Bertz CT molecular complexity index is 653. The fourth-order valence-electron chi connectivity index (χ4n) is 3.87. The van der Waals surface area contributed by atoms with Crippen LogP contribution in [0.2, 0.25) is 5.02 Å². The van der Waals surface area contributed by atoms with Gasteiger partial charge in [0.1, 0.15) is 0 Å². The van der Waals surface area contributed by atoms with Crippen molar-refractivity contribution in [2.75, 3.05) is 32.8 Å². The van der Waals surface area contributed by atoms with Crippen molar-refractivity contribution in [3.63, 3.8) is 0 Å². The summed E-state index contributed by atoms with van der Waals surface area (Å²) in [6.45, 7) is 3.02. The third-order valence-corrected chi connectivity index (χ3v) is 5.88. The molecule has 0 bridgehead atoms. The Morgan fingerprint density at radius 2 is 1.96 bits per heavy atom. The van der Waals surface area contributed by atoms with Crippen molar-refractivity contribution in [1.29, 1.82) is 0 Å². The summed E-state index contributed by atoms with van der Waals surface area (Å²) in [5.41, 5.74) is 6.34. The third kappa shape index (κ3) is 4.30. The average molecular weight is 380 g/mol. The molecule has 0 saturated carbocycles. The van der Waals surface area contributed by atoms with Crippen LogP contribution in [0.1, 0.15) is 31.2 Å². The van der Waals surface area contributed by atoms with Crippen LogP contribution < -0.4 is 11.1 Å². The number of likely N-dealkylation sites (tertiary alicyclic amines) is 1. The maximum absolute atomic E-state index is 12.6.